The molecule has 2 aromatic carbocycles. The van der Waals surface area contributed by atoms with Crippen molar-refractivity contribution in [2.75, 3.05) is 17.2 Å². The first-order chi connectivity index (χ1) is 19.0. The lowest BCUT2D eigenvalue weighted by atomic mass is 9.76. The maximum atomic E-state index is 14.0. The van der Waals surface area contributed by atoms with E-state index in [1.54, 1.807) is 26.1 Å². The average molecular weight is 547 g/mol. The van der Waals surface area contributed by atoms with E-state index in [0.717, 1.165) is 34.9 Å². The number of carbonyl (C=O) groups is 3. The third-order valence-corrected chi connectivity index (χ3v) is 8.52. The van der Waals surface area contributed by atoms with Crippen LogP contribution in [0.5, 0.6) is 0 Å². The highest BCUT2D eigenvalue weighted by molar-refractivity contribution is 6.06. The molecule has 1 saturated heterocycles. The van der Waals surface area contributed by atoms with Gasteiger partial charge in [0.15, 0.2) is 0 Å². The van der Waals surface area contributed by atoms with Crippen molar-refractivity contribution >= 4 is 29.2 Å². The van der Waals surface area contributed by atoms with E-state index in [1.807, 2.05) is 24.3 Å². The molecule has 2 aliphatic heterocycles. The number of piperidine rings is 1. The van der Waals surface area contributed by atoms with Crippen molar-refractivity contribution in [3.05, 3.63) is 88.6 Å². The van der Waals surface area contributed by atoms with Gasteiger partial charge in [0.1, 0.15) is 24.0 Å². The van der Waals surface area contributed by atoms with Crippen molar-refractivity contribution in [2.45, 2.75) is 50.7 Å². The Labute approximate surface area is 229 Å². The number of aliphatic hydroxyl groups excluding tert-OH is 1. The highest BCUT2D eigenvalue weighted by Gasteiger charge is 2.51. The minimum atomic E-state index is -1.18. The lowest BCUT2D eigenvalue weighted by Gasteiger charge is -2.45. The molecule has 6 rings (SSSR count). The third kappa shape index (κ3) is 4.14. The van der Waals surface area contributed by atoms with E-state index in [-0.39, 0.29) is 24.4 Å². The Kier molecular flexibility index (Phi) is 5.99. The number of nitrogens with zero attached hydrogens (tertiary/aromatic N) is 2. The number of pyridine rings is 1. The Bertz CT molecular complexity index is 1550. The zero-order valence-corrected chi connectivity index (χ0v) is 22.0. The maximum Gasteiger partial charge on any atom is 0.244 e. The predicted octanol–water partition coefficient (Wildman–Crippen LogP) is 3.65. The van der Waals surface area contributed by atoms with Gasteiger partial charge in [0.05, 0.1) is 23.0 Å². The Morgan fingerprint density at radius 2 is 1.82 bits per heavy atom. The highest BCUT2D eigenvalue weighted by Crippen LogP contribution is 2.47. The van der Waals surface area contributed by atoms with Crippen LogP contribution in [0.1, 0.15) is 48.6 Å². The second kappa shape index (κ2) is 9.19. The summed E-state index contributed by atoms with van der Waals surface area (Å²) >= 11 is 0. The van der Waals surface area contributed by atoms with Crippen molar-refractivity contribution in [3.8, 4) is 0 Å². The zero-order valence-electron chi connectivity index (χ0n) is 22.0. The number of likely N-dealkylation sites (tertiary alicyclic amines) is 1. The van der Waals surface area contributed by atoms with Gasteiger partial charge in [0.25, 0.3) is 0 Å². The fourth-order valence-electron chi connectivity index (χ4n) is 6.25. The second-order valence-corrected chi connectivity index (χ2v) is 11.4. The smallest absolute Gasteiger partial charge is 0.244 e. The number of benzene rings is 2. The molecule has 1 spiro atoms. The van der Waals surface area contributed by atoms with Gasteiger partial charge in [-0.2, -0.15) is 0 Å². The fraction of sp³-hybridized carbons (Fsp3) is 0.333. The van der Waals surface area contributed by atoms with Gasteiger partial charge >= 0.3 is 0 Å². The fourth-order valence-corrected chi connectivity index (χ4v) is 6.25. The van der Waals surface area contributed by atoms with E-state index in [0.29, 0.717) is 24.3 Å². The zero-order chi connectivity index (χ0) is 28.4. The average Bonchev–Trinajstić information content (AvgIpc) is 3.41. The molecule has 0 saturated carbocycles. The summed E-state index contributed by atoms with van der Waals surface area (Å²) in [7, 11) is 0. The van der Waals surface area contributed by atoms with Gasteiger partial charge in [-0.25, -0.2) is 13.8 Å². The molecular weight excluding hydrogens is 518 g/mol. The molecule has 3 heterocycles. The highest BCUT2D eigenvalue weighted by atomic mass is 19.1. The molecule has 0 radical (unpaired) electrons. The molecule has 3 aliphatic rings. The molecule has 1 unspecified atom stereocenters. The molecule has 40 heavy (non-hydrogen) atoms. The van der Waals surface area contributed by atoms with Gasteiger partial charge in [0.2, 0.25) is 17.7 Å². The van der Waals surface area contributed by atoms with Gasteiger partial charge in [0, 0.05) is 23.5 Å². The Morgan fingerprint density at radius 3 is 2.58 bits per heavy atom. The number of anilines is 2. The predicted molar refractivity (Wildman–Crippen MR) is 142 cm³/mol. The van der Waals surface area contributed by atoms with Crippen LogP contribution < -0.4 is 10.6 Å². The lowest BCUT2D eigenvalue weighted by Crippen LogP contribution is -2.56. The van der Waals surface area contributed by atoms with Gasteiger partial charge in [-0.3, -0.25) is 14.4 Å². The standard InChI is InChI=1S/C30H28F2N4O4/c1-29(2)24(37)12-23(17-8-19(31)11-20(32)9-17)36(28(29)40)15-25(38)34-21-6-5-16-13-30(14-18(16)10-21)22-4-3-7-33-26(22)35-27(30)39/h3-11,23-24,37H,12-15H2,1-2H3,(H,34,38)(H,33,35,39)/t23-,24-,30?/m0/s1. The van der Waals surface area contributed by atoms with Crippen LogP contribution in [0.3, 0.4) is 0 Å². The molecule has 206 valence electrons. The van der Waals surface area contributed by atoms with Crippen LogP contribution in [0.15, 0.2) is 54.7 Å². The number of nitrogens with one attached hydrogen (secondary N) is 2. The molecule has 3 aromatic rings. The van der Waals surface area contributed by atoms with Crippen LogP contribution in [-0.2, 0) is 32.6 Å². The minimum Gasteiger partial charge on any atom is -0.392 e. The molecule has 1 aliphatic carbocycles. The minimum absolute atomic E-state index is 0.0221. The van der Waals surface area contributed by atoms with E-state index in [2.05, 4.69) is 15.6 Å². The molecule has 10 heteroatoms. The first kappa shape index (κ1) is 26.1. The van der Waals surface area contributed by atoms with Crippen molar-refractivity contribution in [2.24, 2.45) is 5.41 Å². The number of amides is 3. The molecule has 0 bridgehead atoms. The molecule has 3 atom stereocenters. The Hall–Kier alpha value is -4.18. The Morgan fingerprint density at radius 1 is 1.10 bits per heavy atom. The summed E-state index contributed by atoms with van der Waals surface area (Å²) in [4.78, 5) is 45.1. The van der Waals surface area contributed by atoms with Crippen molar-refractivity contribution in [1.29, 1.82) is 0 Å². The number of fused-ring (bicyclic) bond motifs is 3. The van der Waals surface area contributed by atoms with Gasteiger partial charge < -0.3 is 20.6 Å². The molecule has 3 N–H and O–H groups in total. The largest absolute Gasteiger partial charge is 0.392 e. The number of carbonyl (C=O) groups excluding carboxylic acids is 3. The number of rotatable bonds is 4. The van der Waals surface area contributed by atoms with E-state index in [9.17, 15) is 28.3 Å². The van der Waals surface area contributed by atoms with Gasteiger partial charge in [-0.15, -0.1) is 0 Å². The lowest BCUT2D eigenvalue weighted by molar-refractivity contribution is -0.160. The number of aromatic nitrogens is 1. The molecule has 8 nitrogen and oxygen atoms in total. The molecular formula is C30H28F2N4O4. The van der Waals surface area contributed by atoms with Crippen molar-refractivity contribution in [1.82, 2.24) is 9.88 Å². The number of halogens is 2. The van der Waals surface area contributed by atoms with Crippen molar-refractivity contribution < 1.29 is 28.3 Å². The first-order valence-corrected chi connectivity index (χ1v) is 13.1. The third-order valence-electron chi connectivity index (χ3n) is 8.52. The topological polar surface area (TPSA) is 112 Å². The monoisotopic (exact) mass is 546 g/mol. The number of hydrogen-bond acceptors (Lipinski definition) is 5. The van der Waals surface area contributed by atoms with Crippen LogP contribution in [0.2, 0.25) is 0 Å². The molecule has 1 fully saturated rings. The Balaban J connectivity index is 1.23. The number of hydrogen-bond donors (Lipinski definition) is 3. The summed E-state index contributed by atoms with van der Waals surface area (Å²) in [6, 6.07) is 11.2. The molecule has 1 aromatic heterocycles. The maximum absolute atomic E-state index is 14.0. The van der Waals surface area contributed by atoms with Gasteiger partial charge in [-0.1, -0.05) is 12.1 Å². The van der Waals surface area contributed by atoms with Crippen LogP contribution in [0, 0.1) is 17.0 Å². The van der Waals surface area contributed by atoms with Crippen LogP contribution >= 0.6 is 0 Å². The summed E-state index contributed by atoms with van der Waals surface area (Å²) in [6.07, 6.45) is 1.58. The normalized spacial score (nSPS) is 24.6. The van der Waals surface area contributed by atoms with E-state index >= 15 is 0 Å². The summed E-state index contributed by atoms with van der Waals surface area (Å²) in [5.41, 5.74) is 1.53. The van der Waals surface area contributed by atoms with Crippen LogP contribution in [0.4, 0.5) is 20.3 Å². The first-order valence-electron chi connectivity index (χ1n) is 13.1. The van der Waals surface area contributed by atoms with Crippen LogP contribution in [-0.4, -0.2) is 45.4 Å². The summed E-state index contributed by atoms with van der Waals surface area (Å²) in [5, 5.41) is 16.4. The van der Waals surface area contributed by atoms with E-state index in [4.69, 9.17) is 0 Å². The summed E-state index contributed by atoms with van der Waals surface area (Å²) < 4.78 is 28.0. The van der Waals surface area contributed by atoms with E-state index in [1.165, 1.54) is 4.90 Å². The second-order valence-electron chi connectivity index (χ2n) is 11.4. The molecule has 3 amide bonds. The quantitative estimate of drug-likeness (QED) is 0.463. The van der Waals surface area contributed by atoms with Crippen molar-refractivity contribution in [3.63, 3.8) is 0 Å². The number of aliphatic hydroxyl groups is 1. The summed E-state index contributed by atoms with van der Waals surface area (Å²) in [5.74, 6) is -2.14. The van der Waals surface area contributed by atoms with E-state index < -0.39 is 46.4 Å². The SMILES string of the molecule is CC1(C)C(=O)N(CC(=O)Nc2ccc3c(c2)CC2(C3)C(=O)Nc3ncccc32)[C@H](c2cc(F)cc(F)c2)C[C@@H]1O. The summed E-state index contributed by atoms with van der Waals surface area (Å²) in [6.45, 7) is 2.78. The van der Waals surface area contributed by atoms with Crippen LogP contribution in [0.25, 0.3) is 0 Å². The van der Waals surface area contributed by atoms with Gasteiger partial charge in [-0.05, 0) is 80.1 Å².